The minimum absolute atomic E-state index is 0.620. The highest BCUT2D eigenvalue weighted by Crippen LogP contribution is 2.37. The first-order chi connectivity index (χ1) is 15.9. The lowest BCUT2D eigenvalue weighted by Gasteiger charge is -2.13. The minimum Gasteiger partial charge on any atom is -0.378 e. The van der Waals surface area contributed by atoms with Crippen LogP contribution in [-0.2, 0) is 7.05 Å². The molecule has 7 heteroatoms. The largest absolute Gasteiger partial charge is 0.378 e. The highest BCUT2D eigenvalue weighted by atomic mass is 15.3. The molecule has 7 nitrogen and oxygen atoms in total. The van der Waals surface area contributed by atoms with Crippen molar-refractivity contribution in [1.29, 1.82) is 0 Å². The summed E-state index contributed by atoms with van der Waals surface area (Å²) < 4.78 is 1.96. The van der Waals surface area contributed by atoms with Crippen molar-refractivity contribution < 1.29 is 0 Å². The number of nitrogens with zero attached hydrogens (tertiary/aromatic N) is 5. The van der Waals surface area contributed by atoms with E-state index in [1.54, 1.807) is 0 Å². The van der Waals surface area contributed by atoms with Crippen LogP contribution in [0.1, 0.15) is 5.56 Å². The third-order valence-electron chi connectivity index (χ3n) is 5.95. The normalized spacial score (nSPS) is 11.2. The number of benzene rings is 3. The van der Waals surface area contributed by atoms with E-state index in [0.717, 1.165) is 50.1 Å². The Hall–Kier alpha value is -4.13. The Morgan fingerprint density at radius 2 is 1.76 bits per heavy atom. The molecule has 3 aromatic carbocycles. The molecular formula is C26H27N7. The molecule has 5 rings (SSSR count). The Balaban J connectivity index is 1.60. The van der Waals surface area contributed by atoms with Gasteiger partial charge in [0.25, 0.3) is 0 Å². The highest BCUT2D eigenvalue weighted by Gasteiger charge is 2.16. The summed E-state index contributed by atoms with van der Waals surface area (Å²) in [6, 6.07) is 19.0. The second kappa shape index (κ2) is 8.09. The number of hydrogen-bond donors (Lipinski definition) is 2. The van der Waals surface area contributed by atoms with Gasteiger partial charge in [0, 0.05) is 62.1 Å². The van der Waals surface area contributed by atoms with Crippen molar-refractivity contribution >= 4 is 44.9 Å². The number of aryl methyl sites for hydroxylation is 2. The number of hydrogen-bond acceptors (Lipinski definition) is 6. The van der Waals surface area contributed by atoms with Gasteiger partial charge in [-0.15, -0.1) is 0 Å². The molecule has 2 aromatic heterocycles. The molecule has 0 aliphatic rings. The van der Waals surface area contributed by atoms with Crippen molar-refractivity contribution in [3.05, 3.63) is 66.4 Å². The van der Waals surface area contributed by atoms with Crippen LogP contribution in [0.25, 0.3) is 32.9 Å². The molecular weight excluding hydrogens is 410 g/mol. The molecule has 0 unspecified atom stereocenters. The van der Waals surface area contributed by atoms with E-state index in [4.69, 9.17) is 5.10 Å². The van der Waals surface area contributed by atoms with Crippen LogP contribution in [0.15, 0.2) is 60.8 Å². The Morgan fingerprint density at radius 3 is 2.48 bits per heavy atom. The smallest absolute Gasteiger partial charge is 0.222 e. The Bertz CT molecular complexity index is 1470. The summed E-state index contributed by atoms with van der Waals surface area (Å²) in [7, 11) is 7.90. The summed E-state index contributed by atoms with van der Waals surface area (Å²) in [5.41, 5.74) is 7.65. The quantitative estimate of drug-likeness (QED) is 0.387. The molecule has 0 aliphatic heterocycles. The van der Waals surface area contributed by atoms with E-state index in [0.29, 0.717) is 5.95 Å². The predicted octanol–water partition coefficient (Wildman–Crippen LogP) is 5.34. The lowest BCUT2D eigenvalue weighted by Crippen LogP contribution is -2.08. The number of nitrogens with one attached hydrogen (secondary N) is 2. The molecule has 0 aliphatic carbocycles. The predicted molar refractivity (Wildman–Crippen MR) is 138 cm³/mol. The van der Waals surface area contributed by atoms with Gasteiger partial charge in [-0.25, -0.2) is 9.97 Å². The highest BCUT2D eigenvalue weighted by molar-refractivity contribution is 6.03. The molecule has 33 heavy (non-hydrogen) atoms. The summed E-state index contributed by atoms with van der Waals surface area (Å²) in [6.07, 6.45) is 1.86. The lowest BCUT2D eigenvalue weighted by atomic mass is 9.96. The molecule has 166 valence electrons. The van der Waals surface area contributed by atoms with Gasteiger partial charge in [-0.05, 0) is 60.5 Å². The van der Waals surface area contributed by atoms with Gasteiger partial charge in [0.2, 0.25) is 5.95 Å². The van der Waals surface area contributed by atoms with Crippen molar-refractivity contribution in [1.82, 2.24) is 19.7 Å². The molecule has 0 spiro atoms. The molecule has 2 heterocycles. The van der Waals surface area contributed by atoms with Gasteiger partial charge in [0.15, 0.2) is 5.82 Å². The molecule has 0 fully saturated rings. The van der Waals surface area contributed by atoms with E-state index in [-0.39, 0.29) is 0 Å². The maximum absolute atomic E-state index is 4.82. The molecule has 0 saturated heterocycles. The van der Waals surface area contributed by atoms with Crippen molar-refractivity contribution in [3.63, 3.8) is 0 Å². The zero-order chi connectivity index (χ0) is 23.1. The Morgan fingerprint density at radius 1 is 0.970 bits per heavy atom. The number of rotatable bonds is 5. The second-order valence-corrected chi connectivity index (χ2v) is 8.41. The molecule has 0 bridgehead atoms. The SMILES string of the molecule is CNc1ncc2cc(-c3c(C)ccc4c(Nc5ccc(N(C)C)cc5)nn(C)c34)ccc2n1. The van der Waals surface area contributed by atoms with E-state index in [9.17, 15) is 0 Å². The molecule has 2 N–H and O–H groups in total. The third kappa shape index (κ3) is 3.71. The molecule has 5 aromatic rings. The maximum Gasteiger partial charge on any atom is 0.222 e. The van der Waals surface area contributed by atoms with Crippen molar-refractivity contribution in [2.75, 3.05) is 36.7 Å². The second-order valence-electron chi connectivity index (χ2n) is 8.41. The van der Waals surface area contributed by atoms with Gasteiger partial charge in [-0.2, -0.15) is 5.10 Å². The molecule has 0 saturated carbocycles. The first kappa shape index (κ1) is 20.8. The zero-order valence-electron chi connectivity index (χ0n) is 19.5. The van der Waals surface area contributed by atoms with Gasteiger partial charge in [0.1, 0.15) is 0 Å². The number of anilines is 4. The average Bonchev–Trinajstić information content (AvgIpc) is 3.13. The van der Waals surface area contributed by atoms with Crippen LogP contribution < -0.4 is 15.5 Å². The van der Waals surface area contributed by atoms with Crippen LogP contribution >= 0.6 is 0 Å². The molecule has 0 amide bonds. The standard InChI is InChI=1S/C26H27N7/c1-16-6-12-21-24(23(16)17-7-13-22-18(14-17)15-28-26(27-2)30-22)33(5)31-25(21)29-19-8-10-20(11-9-19)32(3)4/h6-15H,1-5H3,(H,29,31)(H,27,28,30). The van der Waals surface area contributed by atoms with Gasteiger partial charge >= 0.3 is 0 Å². The summed E-state index contributed by atoms with van der Waals surface area (Å²) in [6.45, 7) is 2.14. The first-order valence-electron chi connectivity index (χ1n) is 10.9. The summed E-state index contributed by atoms with van der Waals surface area (Å²) >= 11 is 0. The van der Waals surface area contributed by atoms with E-state index in [1.807, 2.05) is 45.1 Å². The van der Waals surface area contributed by atoms with Crippen LogP contribution in [0, 0.1) is 6.92 Å². The molecule has 0 atom stereocenters. The maximum atomic E-state index is 4.82. The van der Waals surface area contributed by atoms with E-state index >= 15 is 0 Å². The molecule has 0 radical (unpaired) electrons. The Labute approximate surface area is 193 Å². The van der Waals surface area contributed by atoms with E-state index in [2.05, 4.69) is 81.0 Å². The Kier molecular flexibility index (Phi) is 5.09. The fraction of sp³-hybridized carbons (Fsp3) is 0.192. The van der Waals surface area contributed by atoms with Crippen LogP contribution in [0.2, 0.25) is 0 Å². The topological polar surface area (TPSA) is 70.9 Å². The first-order valence-corrected chi connectivity index (χ1v) is 10.9. The van der Waals surface area contributed by atoms with Crippen LogP contribution in [0.3, 0.4) is 0 Å². The number of fused-ring (bicyclic) bond motifs is 2. The van der Waals surface area contributed by atoms with Crippen LogP contribution in [0.4, 0.5) is 23.1 Å². The average molecular weight is 438 g/mol. The minimum atomic E-state index is 0.620. The van der Waals surface area contributed by atoms with Crippen LogP contribution in [-0.4, -0.2) is 40.9 Å². The fourth-order valence-corrected chi connectivity index (χ4v) is 4.22. The third-order valence-corrected chi connectivity index (χ3v) is 5.95. The number of aromatic nitrogens is 4. The monoisotopic (exact) mass is 437 g/mol. The fourth-order valence-electron chi connectivity index (χ4n) is 4.22. The van der Waals surface area contributed by atoms with Crippen molar-refractivity contribution in [3.8, 4) is 11.1 Å². The summed E-state index contributed by atoms with van der Waals surface area (Å²) in [5, 5.41) is 13.4. The summed E-state index contributed by atoms with van der Waals surface area (Å²) in [5.74, 6) is 1.46. The van der Waals surface area contributed by atoms with E-state index in [1.165, 1.54) is 5.56 Å². The van der Waals surface area contributed by atoms with Crippen molar-refractivity contribution in [2.24, 2.45) is 7.05 Å². The zero-order valence-corrected chi connectivity index (χ0v) is 19.5. The van der Waals surface area contributed by atoms with Gasteiger partial charge in [-0.1, -0.05) is 12.1 Å². The lowest BCUT2D eigenvalue weighted by molar-refractivity contribution is 0.801. The van der Waals surface area contributed by atoms with Gasteiger partial charge < -0.3 is 15.5 Å². The van der Waals surface area contributed by atoms with Gasteiger partial charge in [0.05, 0.1) is 11.0 Å². The van der Waals surface area contributed by atoms with E-state index < -0.39 is 0 Å². The summed E-state index contributed by atoms with van der Waals surface area (Å²) in [4.78, 5) is 11.0. The van der Waals surface area contributed by atoms with Crippen LogP contribution in [0.5, 0.6) is 0 Å². The van der Waals surface area contributed by atoms with Crippen molar-refractivity contribution in [2.45, 2.75) is 6.92 Å². The van der Waals surface area contributed by atoms with Gasteiger partial charge in [-0.3, -0.25) is 4.68 Å².